The first kappa shape index (κ1) is 19.6. The zero-order chi connectivity index (χ0) is 20.2. The third kappa shape index (κ3) is 4.65. The van der Waals surface area contributed by atoms with Crippen LogP contribution in [0.4, 0.5) is 4.39 Å². The molecule has 0 aromatic heterocycles. The zero-order valence-corrected chi connectivity index (χ0v) is 15.9. The molecule has 1 saturated heterocycles. The Labute approximate surface area is 168 Å². The Morgan fingerprint density at radius 1 is 1.03 bits per heavy atom. The molecule has 0 bridgehead atoms. The fourth-order valence-corrected chi connectivity index (χ4v) is 3.59. The standard InChI is InChI=1S/C24H23FO4/c25-19-6-3-4-16(12-19)8-9-18-11-10-17-5-1-2-7-22(17)24(18)29-23-14-20(27)13-21(15-26)28-23/h1-12,20-21,23,26-27H,13-15H2/b9-8+. The van der Waals surface area contributed by atoms with Crippen LogP contribution in [-0.2, 0) is 4.74 Å². The molecule has 0 spiro atoms. The Morgan fingerprint density at radius 2 is 1.90 bits per heavy atom. The average molecular weight is 394 g/mol. The maximum absolute atomic E-state index is 13.5. The molecule has 0 radical (unpaired) electrons. The van der Waals surface area contributed by atoms with Crippen LogP contribution in [0.25, 0.3) is 22.9 Å². The van der Waals surface area contributed by atoms with Crippen molar-refractivity contribution in [3.05, 3.63) is 77.6 Å². The first-order valence-electron chi connectivity index (χ1n) is 9.69. The Kier molecular flexibility index (Phi) is 5.90. The van der Waals surface area contributed by atoms with Crippen molar-refractivity contribution in [1.82, 2.24) is 0 Å². The SMILES string of the molecule is OCC1CC(O)CC(Oc2c(/C=C/c3cccc(F)c3)ccc3ccccc23)O1. The van der Waals surface area contributed by atoms with E-state index in [1.165, 1.54) is 12.1 Å². The van der Waals surface area contributed by atoms with Crippen molar-refractivity contribution in [3.8, 4) is 5.75 Å². The minimum Gasteiger partial charge on any atom is -0.464 e. The van der Waals surface area contributed by atoms with Crippen LogP contribution < -0.4 is 4.74 Å². The van der Waals surface area contributed by atoms with Gasteiger partial charge in [0.15, 0.2) is 0 Å². The lowest BCUT2D eigenvalue weighted by Gasteiger charge is -2.32. The van der Waals surface area contributed by atoms with Crippen LogP contribution in [0, 0.1) is 5.82 Å². The van der Waals surface area contributed by atoms with Gasteiger partial charge in [0, 0.05) is 23.8 Å². The van der Waals surface area contributed by atoms with Crippen LogP contribution >= 0.6 is 0 Å². The van der Waals surface area contributed by atoms with E-state index >= 15 is 0 Å². The zero-order valence-electron chi connectivity index (χ0n) is 15.9. The predicted octanol–water partition coefficient (Wildman–Crippen LogP) is 4.39. The van der Waals surface area contributed by atoms with Crippen molar-refractivity contribution < 1.29 is 24.1 Å². The largest absolute Gasteiger partial charge is 0.464 e. The van der Waals surface area contributed by atoms with Crippen LogP contribution in [0.5, 0.6) is 5.75 Å². The smallest absolute Gasteiger partial charge is 0.202 e. The summed E-state index contributed by atoms with van der Waals surface area (Å²) in [7, 11) is 0. The molecule has 5 heteroatoms. The van der Waals surface area contributed by atoms with Gasteiger partial charge in [0.2, 0.25) is 6.29 Å². The maximum atomic E-state index is 13.5. The number of aliphatic hydroxyl groups is 2. The Hall–Kier alpha value is -2.73. The molecular weight excluding hydrogens is 371 g/mol. The summed E-state index contributed by atoms with van der Waals surface area (Å²) >= 11 is 0. The molecule has 3 aromatic rings. The Balaban J connectivity index is 1.69. The second kappa shape index (κ2) is 8.74. The number of aliphatic hydroxyl groups excluding tert-OH is 2. The van der Waals surface area contributed by atoms with E-state index in [4.69, 9.17) is 9.47 Å². The van der Waals surface area contributed by atoms with Crippen LogP contribution in [0.15, 0.2) is 60.7 Å². The van der Waals surface area contributed by atoms with Crippen molar-refractivity contribution in [3.63, 3.8) is 0 Å². The van der Waals surface area contributed by atoms with Gasteiger partial charge >= 0.3 is 0 Å². The van der Waals surface area contributed by atoms with Crippen LogP contribution in [0.1, 0.15) is 24.0 Å². The summed E-state index contributed by atoms with van der Waals surface area (Å²) in [6.45, 7) is -0.168. The highest BCUT2D eigenvalue weighted by Gasteiger charge is 2.30. The molecule has 4 nitrogen and oxygen atoms in total. The Morgan fingerprint density at radius 3 is 2.72 bits per heavy atom. The van der Waals surface area contributed by atoms with Gasteiger partial charge in [0.25, 0.3) is 0 Å². The highest BCUT2D eigenvalue weighted by molar-refractivity contribution is 5.93. The van der Waals surface area contributed by atoms with Gasteiger partial charge < -0.3 is 19.7 Å². The summed E-state index contributed by atoms with van der Waals surface area (Å²) in [5.74, 6) is 0.341. The van der Waals surface area contributed by atoms with Gasteiger partial charge in [0.05, 0.1) is 18.8 Å². The third-order valence-electron chi connectivity index (χ3n) is 5.01. The van der Waals surface area contributed by atoms with Crippen molar-refractivity contribution in [2.75, 3.05) is 6.61 Å². The number of hydrogen-bond donors (Lipinski definition) is 2. The molecule has 1 fully saturated rings. The summed E-state index contributed by atoms with van der Waals surface area (Å²) in [4.78, 5) is 0. The molecule has 4 rings (SSSR count). The molecule has 0 saturated carbocycles. The van der Waals surface area contributed by atoms with Crippen molar-refractivity contribution in [2.45, 2.75) is 31.3 Å². The van der Waals surface area contributed by atoms with Crippen molar-refractivity contribution in [1.29, 1.82) is 0 Å². The van der Waals surface area contributed by atoms with Gasteiger partial charge in [-0.05, 0) is 23.1 Å². The minimum absolute atomic E-state index is 0.168. The van der Waals surface area contributed by atoms with E-state index in [2.05, 4.69) is 0 Å². The van der Waals surface area contributed by atoms with Gasteiger partial charge in [-0.2, -0.15) is 0 Å². The predicted molar refractivity (Wildman–Crippen MR) is 111 cm³/mol. The van der Waals surface area contributed by atoms with E-state index in [1.54, 1.807) is 6.07 Å². The molecule has 1 aliphatic heterocycles. The molecule has 29 heavy (non-hydrogen) atoms. The summed E-state index contributed by atoms with van der Waals surface area (Å²) in [5.41, 5.74) is 1.56. The molecule has 1 aliphatic rings. The summed E-state index contributed by atoms with van der Waals surface area (Å²) in [6, 6.07) is 18.2. The van der Waals surface area contributed by atoms with Gasteiger partial charge in [-0.3, -0.25) is 0 Å². The van der Waals surface area contributed by atoms with E-state index < -0.39 is 18.5 Å². The van der Waals surface area contributed by atoms with Gasteiger partial charge in [-0.15, -0.1) is 0 Å². The quantitative estimate of drug-likeness (QED) is 0.631. The van der Waals surface area contributed by atoms with Crippen LogP contribution in [0.2, 0.25) is 0 Å². The molecule has 2 N–H and O–H groups in total. The van der Waals surface area contributed by atoms with E-state index in [9.17, 15) is 14.6 Å². The average Bonchev–Trinajstić information content (AvgIpc) is 2.73. The lowest BCUT2D eigenvalue weighted by molar-refractivity contribution is -0.184. The number of fused-ring (bicyclic) bond motifs is 1. The molecule has 3 aromatic carbocycles. The summed E-state index contributed by atoms with van der Waals surface area (Å²) in [6.07, 6.45) is 2.71. The molecule has 0 aliphatic carbocycles. The normalized spacial score (nSPS) is 22.2. The van der Waals surface area contributed by atoms with Crippen LogP contribution in [0.3, 0.4) is 0 Å². The minimum atomic E-state index is -0.664. The number of hydrogen-bond acceptors (Lipinski definition) is 4. The highest BCUT2D eigenvalue weighted by Crippen LogP contribution is 2.34. The van der Waals surface area contributed by atoms with Gasteiger partial charge in [-0.25, -0.2) is 4.39 Å². The second-order valence-corrected chi connectivity index (χ2v) is 7.21. The first-order valence-corrected chi connectivity index (χ1v) is 9.69. The maximum Gasteiger partial charge on any atom is 0.202 e. The lowest BCUT2D eigenvalue weighted by Crippen LogP contribution is -2.40. The Bertz CT molecular complexity index is 1020. The van der Waals surface area contributed by atoms with E-state index in [-0.39, 0.29) is 12.4 Å². The highest BCUT2D eigenvalue weighted by atomic mass is 19.1. The number of ether oxygens (including phenoxy) is 2. The molecule has 3 unspecified atom stereocenters. The molecule has 150 valence electrons. The van der Waals surface area contributed by atoms with E-state index in [0.29, 0.717) is 18.6 Å². The molecule has 0 amide bonds. The summed E-state index contributed by atoms with van der Waals surface area (Å²) in [5, 5.41) is 21.4. The molecular formula is C24H23FO4. The second-order valence-electron chi connectivity index (χ2n) is 7.21. The number of halogens is 1. The van der Waals surface area contributed by atoms with E-state index in [0.717, 1.165) is 21.9 Å². The first-order chi connectivity index (χ1) is 14.1. The van der Waals surface area contributed by atoms with Crippen molar-refractivity contribution >= 4 is 22.9 Å². The lowest BCUT2D eigenvalue weighted by atomic mass is 10.0. The third-order valence-corrected chi connectivity index (χ3v) is 5.01. The van der Waals surface area contributed by atoms with Gasteiger partial charge in [0.1, 0.15) is 11.6 Å². The summed E-state index contributed by atoms with van der Waals surface area (Å²) < 4.78 is 25.5. The fraction of sp³-hybridized carbons (Fsp3) is 0.250. The monoisotopic (exact) mass is 394 g/mol. The number of benzene rings is 3. The molecule has 3 atom stereocenters. The van der Waals surface area contributed by atoms with Gasteiger partial charge in [-0.1, -0.05) is 60.7 Å². The van der Waals surface area contributed by atoms with E-state index in [1.807, 2.05) is 54.6 Å². The van der Waals surface area contributed by atoms with Crippen LogP contribution in [-0.4, -0.2) is 35.3 Å². The van der Waals surface area contributed by atoms with Crippen molar-refractivity contribution in [2.24, 2.45) is 0 Å². The molecule has 1 heterocycles. The topological polar surface area (TPSA) is 58.9 Å². The number of rotatable bonds is 5. The fourth-order valence-electron chi connectivity index (χ4n) is 3.59.